The maximum atomic E-state index is 10.9. The highest BCUT2D eigenvalue weighted by Gasteiger charge is 2.22. The molecule has 0 N–H and O–H groups in total. The zero-order valence-corrected chi connectivity index (χ0v) is 9.04. The van der Waals surface area contributed by atoms with Crippen molar-refractivity contribution in [2.75, 3.05) is 7.11 Å². The number of hydrogen-bond acceptors (Lipinski definition) is 1. The number of allylic oxidation sites excluding steroid dienone is 4. The van der Waals surface area contributed by atoms with Gasteiger partial charge in [0, 0.05) is 24.0 Å². The highest BCUT2D eigenvalue weighted by molar-refractivity contribution is 6.00. The van der Waals surface area contributed by atoms with Crippen LogP contribution in [0, 0.1) is 5.41 Å². The van der Waals surface area contributed by atoms with Crippen molar-refractivity contribution in [3.63, 3.8) is 0 Å². The number of hydrogen-bond donors (Lipinski definition) is 0. The van der Waals surface area contributed by atoms with Gasteiger partial charge in [-0.15, -0.1) is 0 Å². The second-order valence-corrected chi connectivity index (χ2v) is 3.98. The molecule has 0 aromatic rings. The summed E-state index contributed by atoms with van der Waals surface area (Å²) in [5.41, 5.74) is 0.00764. The molecule has 0 saturated carbocycles. The third kappa shape index (κ3) is 2.95. The van der Waals surface area contributed by atoms with E-state index in [1.54, 1.807) is 14.0 Å². The summed E-state index contributed by atoms with van der Waals surface area (Å²) in [6.45, 7) is 3.75. The lowest BCUT2D eigenvalue weighted by Gasteiger charge is -2.22. The topological polar surface area (TPSA) is 28.4 Å². The lowest BCUT2D eigenvalue weighted by atomic mass is 9.81. The van der Waals surface area contributed by atoms with Gasteiger partial charge in [0.2, 0.25) is 0 Å². The van der Waals surface area contributed by atoms with Crippen molar-refractivity contribution < 1.29 is 9.22 Å². The molecular formula is C12H17O2+. The van der Waals surface area contributed by atoms with Crippen molar-refractivity contribution in [1.29, 1.82) is 0 Å². The summed E-state index contributed by atoms with van der Waals surface area (Å²) >= 11 is 0. The third-order valence-electron chi connectivity index (χ3n) is 2.51. The largest absolute Gasteiger partial charge is 0.342 e. The van der Waals surface area contributed by atoms with E-state index in [2.05, 4.69) is 19.1 Å². The summed E-state index contributed by atoms with van der Waals surface area (Å²) < 4.78 is 5.09. The smallest absolute Gasteiger partial charge is 0.300 e. The molecule has 0 aromatic carbocycles. The van der Waals surface area contributed by atoms with Gasteiger partial charge in [0.25, 0.3) is 7.11 Å². The molecule has 0 atom stereocenters. The molecule has 1 aliphatic carbocycles. The fourth-order valence-corrected chi connectivity index (χ4v) is 1.40. The Morgan fingerprint density at radius 1 is 1.43 bits per heavy atom. The Balaban J connectivity index is 2.61. The Morgan fingerprint density at radius 3 is 2.43 bits per heavy atom. The van der Waals surface area contributed by atoms with Gasteiger partial charge in [-0.3, -0.25) is 4.42 Å². The maximum Gasteiger partial charge on any atom is 0.342 e. The lowest BCUT2D eigenvalue weighted by Crippen LogP contribution is -2.15. The number of Topliss-reactive ketones (excluding diaryl/α,β-unsaturated/α-hetero) is 1. The zero-order valence-electron chi connectivity index (χ0n) is 9.04. The molecule has 0 fully saturated rings. The van der Waals surface area contributed by atoms with E-state index in [4.69, 9.17) is 4.42 Å². The maximum absolute atomic E-state index is 10.9. The quantitative estimate of drug-likeness (QED) is 0.632. The van der Waals surface area contributed by atoms with Gasteiger partial charge in [-0.2, -0.15) is 0 Å². The number of rotatable bonds is 3. The van der Waals surface area contributed by atoms with Gasteiger partial charge in [0.1, 0.15) is 5.78 Å². The number of ketones is 2. The molecule has 76 valence electrons. The summed E-state index contributed by atoms with van der Waals surface area (Å²) in [6.07, 6.45) is 9.60. The van der Waals surface area contributed by atoms with Crippen LogP contribution in [0.15, 0.2) is 24.3 Å². The Labute approximate surface area is 85.0 Å². The third-order valence-corrected chi connectivity index (χ3v) is 2.51. The van der Waals surface area contributed by atoms with Gasteiger partial charge in [0.15, 0.2) is 0 Å². The van der Waals surface area contributed by atoms with E-state index >= 15 is 0 Å². The van der Waals surface area contributed by atoms with E-state index in [-0.39, 0.29) is 11.2 Å². The first-order valence-corrected chi connectivity index (χ1v) is 4.84. The highest BCUT2D eigenvalue weighted by Crippen LogP contribution is 2.29. The Hall–Kier alpha value is -1.18. The second-order valence-electron chi connectivity index (χ2n) is 3.98. The van der Waals surface area contributed by atoms with Crippen LogP contribution in [0.4, 0.5) is 0 Å². The van der Waals surface area contributed by atoms with Gasteiger partial charge in [-0.25, -0.2) is 0 Å². The van der Waals surface area contributed by atoms with Crippen LogP contribution in [0.2, 0.25) is 0 Å². The van der Waals surface area contributed by atoms with Crippen molar-refractivity contribution in [2.45, 2.75) is 26.7 Å². The SMILES string of the molecule is C[O+]=C1C=CC(C)(CCC(C)=O)C=C1. The summed E-state index contributed by atoms with van der Waals surface area (Å²) in [5.74, 6) is 1.11. The predicted octanol–water partition coefficient (Wildman–Crippen LogP) is 2.22. The fraction of sp³-hybridized carbons (Fsp3) is 0.500. The van der Waals surface area contributed by atoms with Gasteiger partial charge >= 0.3 is 5.78 Å². The van der Waals surface area contributed by atoms with E-state index in [9.17, 15) is 4.79 Å². The normalized spacial score (nSPS) is 25.2. The van der Waals surface area contributed by atoms with E-state index in [1.807, 2.05) is 12.2 Å². The molecule has 0 aliphatic heterocycles. The van der Waals surface area contributed by atoms with Crippen molar-refractivity contribution in [2.24, 2.45) is 5.41 Å². The molecule has 0 heterocycles. The van der Waals surface area contributed by atoms with Crippen molar-refractivity contribution in [3.8, 4) is 0 Å². The lowest BCUT2D eigenvalue weighted by molar-refractivity contribution is -0.417. The van der Waals surface area contributed by atoms with Crippen molar-refractivity contribution >= 4 is 11.6 Å². The van der Waals surface area contributed by atoms with Gasteiger partial charge < -0.3 is 4.79 Å². The molecule has 14 heavy (non-hydrogen) atoms. The number of carbonyl (C=O) groups is 1. The average molecular weight is 193 g/mol. The van der Waals surface area contributed by atoms with Crippen LogP contribution in [0.5, 0.6) is 0 Å². The minimum atomic E-state index is 0.00764. The van der Waals surface area contributed by atoms with Crippen LogP contribution in [-0.4, -0.2) is 18.7 Å². The molecule has 0 spiro atoms. The van der Waals surface area contributed by atoms with Crippen LogP contribution < -0.4 is 0 Å². The molecular weight excluding hydrogens is 176 g/mol. The Morgan fingerprint density at radius 2 is 2.00 bits per heavy atom. The van der Waals surface area contributed by atoms with E-state index in [1.165, 1.54) is 0 Å². The number of carbonyl (C=O) groups excluding carboxylic acids is 2. The standard InChI is InChI=1S/C12H17O2/c1-10(13)4-7-12(2)8-5-11(14-3)6-9-12/h5-6,8-9H,4,7H2,1-3H3/q+1. The predicted molar refractivity (Wildman–Crippen MR) is 57.2 cm³/mol. The zero-order chi connectivity index (χ0) is 10.6. The van der Waals surface area contributed by atoms with Crippen molar-refractivity contribution in [1.82, 2.24) is 0 Å². The average Bonchev–Trinajstić information content (AvgIpc) is 2.16. The Kier molecular flexibility index (Phi) is 3.39. The first-order valence-electron chi connectivity index (χ1n) is 4.84. The summed E-state index contributed by atoms with van der Waals surface area (Å²) in [5, 5.41) is 0. The molecule has 0 aromatic heterocycles. The molecule has 0 radical (unpaired) electrons. The van der Waals surface area contributed by atoms with Crippen LogP contribution in [0.25, 0.3) is 0 Å². The molecule has 0 saturated heterocycles. The summed E-state index contributed by atoms with van der Waals surface area (Å²) in [4.78, 5) is 10.9. The molecule has 2 nitrogen and oxygen atoms in total. The first kappa shape index (κ1) is 10.9. The molecule has 1 rings (SSSR count). The first-order chi connectivity index (χ1) is 6.56. The summed E-state index contributed by atoms with van der Waals surface area (Å²) in [6, 6.07) is 0. The minimum Gasteiger partial charge on any atom is -0.300 e. The van der Waals surface area contributed by atoms with Crippen LogP contribution in [-0.2, 0) is 9.22 Å². The molecule has 1 aliphatic rings. The van der Waals surface area contributed by atoms with Crippen LogP contribution >= 0.6 is 0 Å². The van der Waals surface area contributed by atoms with E-state index in [0.29, 0.717) is 6.42 Å². The van der Waals surface area contributed by atoms with E-state index < -0.39 is 0 Å². The van der Waals surface area contributed by atoms with Crippen molar-refractivity contribution in [3.05, 3.63) is 24.3 Å². The monoisotopic (exact) mass is 193 g/mol. The molecule has 0 amide bonds. The van der Waals surface area contributed by atoms with Gasteiger partial charge in [0.05, 0.1) is 0 Å². The van der Waals surface area contributed by atoms with Gasteiger partial charge in [-0.05, 0) is 13.3 Å². The van der Waals surface area contributed by atoms with E-state index in [0.717, 1.165) is 12.2 Å². The van der Waals surface area contributed by atoms with Crippen LogP contribution in [0.1, 0.15) is 26.7 Å². The summed E-state index contributed by atoms with van der Waals surface area (Å²) in [7, 11) is 1.66. The molecule has 0 unspecified atom stereocenters. The van der Waals surface area contributed by atoms with Gasteiger partial charge in [-0.1, -0.05) is 19.1 Å². The molecule has 2 heteroatoms. The molecule has 0 bridgehead atoms. The van der Waals surface area contributed by atoms with Crippen LogP contribution in [0.3, 0.4) is 0 Å². The minimum absolute atomic E-state index is 0.00764. The highest BCUT2D eigenvalue weighted by atomic mass is 16.4. The Bertz CT molecular complexity index is 292. The second kappa shape index (κ2) is 4.36. The fourth-order valence-electron chi connectivity index (χ4n) is 1.40.